The number of likely N-dealkylation sites (N-methyl/N-ethyl adjacent to an activating group) is 1. The first kappa shape index (κ1) is 16.2. The zero-order valence-corrected chi connectivity index (χ0v) is 11.5. The van der Waals surface area contributed by atoms with Gasteiger partial charge in [-0.05, 0) is 19.4 Å². The highest BCUT2D eigenvalue weighted by atomic mass is 35.5. The van der Waals surface area contributed by atoms with Gasteiger partial charge in [-0.1, -0.05) is 6.92 Å². The van der Waals surface area contributed by atoms with Crippen molar-refractivity contribution >= 4 is 24.2 Å². The smallest absolute Gasteiger partial charge is 0.239 e. The highest BCUT2D eigenvalue weighted by Crippen LogP contribution is 2.09. The fourth-order valence-electron chi connectivity index (χ4n) is 1.99. The molecule has 6 heteroatoms. The Balaban J connectivity index is 0.00000256. The Morgan fingerprint density at radius 1 is 1.53 bits per heavy atom. The van der Waals surface area contributed by atoms with Crippen molar-refractivity contribution in [3.63, 3.8) is 0 Å². The molecule has 0 aromatic carbocycles. The van der Waals surface area contributed by atoms with Gasteiger partial charge in [0.15, 0.2) is 0 Å². The minimum Gasteiger partial charge on any atom is -0.359 e. The molecule has 0 spiro atoms. The molecule has 1 saturated heterocycles. The molecule has 1 rings (SSSR count). The minimum absolute atomic E-state index is 0. The number of nitrogens with zero attached hydrogens (tertiary/aromatic N) is 1. The minimum atomic E-state index is -0.166. The average molecular weight is 264 g/mol. The van der Waals surface area contributed by atoms with Crippen molar-refractivity contribution in [1.29, 1.82) is 0 Å². The standard InChI is InChI=1S/C11H21N3O2.ClH/c1-8(10(15)12-2)7-14(3)11(16)9-5-4-6-13-9;/h8-9,13H,4-7H2,1-3H3,(H,12,15);1H/t8?,9-;/m0./s1. The summed E-state index contributed by atoms with van der Waals surface area (Å²) in [5, 5.41) is 5.75. The molecule has 1 fully saturated rings. The summed E-state index contributed by atoms with van der Waals surface area (Å²) >= 11 is 0. The lowest BCUT2D eigenvalue weighted by Gasteiger charge is -2.23. The molecule has 17 heavy (non-hydrogen) atoms. The Morgan fingerprint density at radius 3 is 2.65 bits per heavy atom. The SMILES string of the molecule is CNC(=O)C(C)CN(C)C(=O)[C@@H]1CCCN1.Cl. The first-order valence-electron chi connectivity index (χ1n) is 5.76. The lowest BCUT2D eigenvalue weighted by Crippen LogP contribution is -2.45. The third-order valence-electron chi connectivity index (χ3n) is 2.98. The van der Waals surface area contributed by atoms with Crippen molar-refractivity contribution < 1.29 is 9.59 Å². The van der Waals surface area contributed by atoms with E-state index >= 15 is 0 Å². The monoisotopic (exact) mass is 263 g/mol. The molecular weight excluding hydrogens is 242 g/mol. The fraction of sp³-hybridized carbons (Fsp3) is 0.818. The van der Waals surface area contributed by atoms with E-state index in [0.717, 1.165) is 19.4 Å². The van der Waals surface area contributed by atoms with Crippen molar-refractivity contribution in [2.75, 3.05) is 27.2 Å². The maximum Gasteiger partial charge on any atom is 0.239 e. The number of carbonyl (C=O) groups is 2. The zero-order chi connectivity index (χ0) is 12.1. The van der Waals surface area contributed by atoms with Crippen molar-refractivity contribution in [3.05, 3.63) is 0 Å². The predicted molar refractivity (Wildman–Crippen MR) is 69.1 cm³/mol. The third kappa shape index (κ3) is 4.52. The van der Waals surface area contributed by atoms with Crippen LogP contribution < -0.4 is 10.6 Å². The van der Waals surface area contributed by atoms with Crippen LogP contribution in [-0.2, 0) is 9.59 Å². The Labute approximate surface area is 109 Å². The fourth-order valence-corrected chi connectivity index (χ4v) is 1.99. The highest BCUT2D eigenvalue weighted by Gasteiger charge is 2.26. The molecule has 5 nitrogen and oxygen atoms in total. The van der Waals surface area contributed by atoms with Crippen LogP contribution >= 0.6 is 12.4 Å². The number of hydrogen-bond donors (Lipinski definition) is 2. The maximum atomic E-state index is 11.9. The highest BCUT2D eigenvalue weighted by molar-refractivity contribution is 5.85. The molecule has 1 aliphatic rings. The van der Waals surface area contributed by atoms with Crippen LogP contribution in [0, 0.1) is 5.92 Å². The Hall–Kier alpha value is -0.810. The van der Waals surface area contributed by atoms with Crippen LogP contribution in [0.2, 0.25) is 0 Å². The van der Waals surface area contributed by atoms with Crippen molar-refractivity contribution in [3.8, 4) is 0 Å². The first-order valence-corrected chi connectivity index (χ1v) is 5.76. The maximum absolute atomic E-state index is 11.9. The van der Waals surface area contributed by atoms with E-state index in [1.54, 1.807) is 19.0 Å². The van der Waals surface area contributed by atoms with Gasteiger partial charge in [-0.3, -0.25) is 9.59 Å². The molecule has 100 valence electrons. The lowest BCUT2D eigenvalue weighted by atomic mass is 10.1. The first-order chi connectivity index (χ1) is 7.56. The average Bonchev–Trinajstić information content (AvgIpc) is 2.79. The van der Waals surface area contributed by atoms with Crippen LogP contribution in [0.25, 0.3) is 0 Å². The van der Waals surface area contributed by atoms with Gasteiger partial charge < -0.3 is 15.5 Å². The van der Waals surface area contributed by atoms with Gasteiger partial charge >= 0.3 is 0 Å². The van der Waals surface area contributed by atoms with Crippen molar-refractivity contribution in [2.24, 2.45) is 5.92 Å². The van der Waals surface area contributed by atoms with Crippen LogP contribution in [0.3, 0.4) is 0 Å². The summed E-state index contributed by atoms with van der Waals surface area (Å²) in [4.78, 5) is 24.9. The Bertz CT molecular complexity index is 267. The van der Waals surface area contributed by atoms with Crippen LogP contribution in [-0.4, -0.2) is 49.9 Å². The molecule has 0 radical (unpaired) electrons. The molecule has 2 atom stereocenters. The second-order valence-corrected chi connectivity index (χ2v) is 4.38. The number of nitrogens with one attached hydrogen (secondary N) is 2. The second-order valence-electron chi connectivity index (χ2n) is 4.38. The summed E-state index contributed by atoms with van der Waals surface area (Å²) in [6.45, 7) is 3.20. The Kier molecular flexibility index (Phi) is 7.15. The predicted octanol–water partition coefficient (Wildman–Crippen LogP) is 0.000700. The number of hydrogen-bond acceptors (Lipinski definition) is 3. The van der Waals surface area contributed by atoms with E-state index in [2.05, 4.69) is 10.6 Å². The lowest BCUT2D eigenvalue weighted by molar-refractivity contribution is -0.133. The van der Waals surface area contributed by atoms with Crippen molar-refractivity contribution in [2.45, 2.75) is 25.8 Å². The third-order valence-corrected chi connectivity index (χ3v) is 2.98. The van der Waals surface area contributed by atoms with Gasteiger partial charge in [0.2, 0.25) is 11.8 Å². The van der Waals surface area contributed by atoms with E-state index in [-0.39, 0.29) is 36.2 Å². The molecule has 1 unspecified atom stereocenters. The second kappa shape index (κ2) is 7.50. The van der Waals surface area contributed by atoms with Gasteiger partial charge in [0, 0.05) is 20.6 Å². The molecular formula is C11H22ClN3O2. The Morgan fingerprint density at radius 2 is 2.18 bits per heavy atom. The molecule has 1 aliphatic heterocycles. The van der Waals surface area contributed by atoms with Gasteiger partial charge in [-0.2, -0.15) is 0 Å². The van der Waals surface area contributed by atoms with Gasteiger partial charge in [-0.15, -0.1) is 12.4 Å². The summed E-state index contributed by atoms with van der Waals surface area (Å²) in [6, 6.07) is -0.0538. The van der Waals surface area contributed by atoms with Crippen LogP contribution in [0.15, 0.2) is 0 Å². The van der Waals surface area contributed by atoms with Crippen LogP contribution in [0.4, 0.5) is 0 Å². The molecule has 2 N–H and O–H groups in total. The van der Waals surface area contributed by atoms with Crippen LogP contribution in [0.5, 0.6) is 0 Å². The van der Waals surface area contributed by atoms with Crippen molar-refractivity contribution in [1.82, 2.24) is 15.5 Å². The molecule has 0 aliphatic carbocycles. The number of rotatable bonds is 4. The molecule has 0 aromatic rings. The molecule has 0 bridgehead atoms. The van der Waals surface area contributed by atoms with E-state index in [4.69, 9.17) is 0 Å². The summed E-state index contributed by atoms with van der Waals surface area (Å²) in [5.74, 6) is -0.104. The van der Waals surface area contributed by atoms with E-state index in [1.807, 2.05) is 6.92 Å². The summed E-state index contributed by atoms with van der Waals surface area (Å²) < 4.78 is 0. The molecule has 0 aromatic heterocycles. The van der Waals surface area contributed by atoms with Gasteiger partial charge in [-0.25, -0.2) is 0 Å². The molecule has 1 heterocycles. The van der Waals surface area contributed by atoms with Gasteiger partial charge in [0.1, 0.15) is 0 Å². The van der Waals surface area contributed by atoms with E-state index in [0.29, 0.717) is 6.54 Å². The topological polar surface area (TPSA) is 61.4 Å². The number of amides is 2. The quantitative estimate of drug-likeness (QED) is 0.751. The molecule has 0 saturated carbocycles. The summed E-state index contributed by atoms with van der Waals surface area (Å²) in [5.41, 5.74) is 0. The van der Waals surface area contributed by atoms with E-state index in [9.17, 15) is 9.59 Å². The van der Waals surface area contributed by atoms with Gasteiger partial charge in [0.05, 0.1) is 12.0 Å². The number of halogens is 1. The largest absolute Gasteiger partial charge is 0.359 e. The van der Waals surface area contributed by atoms with E-state index < -0.39 is 0 Å². The number of carbonyl (C=O) groups excluding carboxylic acids is 2. The van der Waals surface area contributed by atoms with Gasteiger partial charge in [0.25, 0.3) is 0 Å². The molecule has 2 amide bonds. The normalized spacial score (nSPS) is 20.3. The summed E-state index contributed by atoms with van der Waals surface area (Å²) in [7, 11) is 3.36. The van der Waals surface area contributed by atoms with E-state index in [1.165, 1.54) is 0 Å². The zero-order valence-electron chi connectivity index (χ0n) is 10.7. The summed E-state index contributed by atoms with van der Waals surface area (Å²) in [6.07, 6.45) is 1.95. The van der Waals surface area contributed by atoms with Crippen LogP contribution in [0.1, 0.15) is 19.8 Å².